The first kappa shape index (κ1) is 23.7. The number of nitrogens with one attached hydrogen (secondary N) is 2. The van der Waals surface area contributed by atoms with Crippen molar-refractivity contribution in [3.8, 4) is 11.5 Å². The van der Waals surface area contributed by atoms with Crippen molar-refractivity contribution in [3.63, 3.8) is 0 Å². The molecular weight excluding hydrogens is 418 g/mol. The summed E-state index contributed by atoms with van der Waals surface area (Å²) < 4.78 is 40.9. The average molecular weight is 449 g/mol. The Morgan fingerprint density at radius 2 is 1.88 bits per heavy atom. The van der Waals surface area contributed by atoms with Gasteiger partial charge in [-0.2, -0.15) is 8.78 Å². The van der Waals surface area contributed by atoms with Crippen LogP contribution in [-0.2, 0) is 11.3 Å². The van der Waals surface area contributed by atoms with Gasteiger partial charge in [0.25, 0.3) is 0 Å². The molecule has 2 aromatic rings. The molecule has 0 saturated carbocycles. The number of guanidine groups is 1. The molecule has 0 radical (unpaired) electrons. The lowest BCUT2D eigenvalue weighted by Gasteiger charge is -2.35. The van der Waals surface area contributed by atoms with Crippen LogP contribution in [0.25, 0.3) is 0 Å². The maximum absolute atomic E-state index is 12.8. The van der Waals surface area contributed by atoms with E-state index in [1.807, 2.05) is 18.2 Å². The molecule has 1 saturated heterocycles. The van der Waals surface area contributed by atoms with Gasteiger partial charge in [0.15, 0.2) is 5.96 Å². The Bertz CT molecular complexity index is 862. The first-order valence-corrected chi connectivity index (χ1v) is 10.5. The van der Waals surface area contributed by atoms with E-state index in [0.717, 1.165) is 13.1 Å². The molecule has 3 rings (SSSR count). The highest BCUT2D eigenvalue weighted by molar-refractivity contribution is 5.79. The van der Waals surface area contributed by atoms with E-state index in [-0.39, 0.29) is 18.3 Å². The summed E-state index contributed by atoms with van der Waals surface area (Å²) >= 11 is 0. The second-order valence-electron chi connectivity index (χ2n) is 7.23. The Morgan fingerprint density at radius 1 is 1.12 bits per heavy atom. The van der Waals surface area contributed by atoms with Crippen LogP contribution in [0.3, 0.4) is 0 Å². The lowest BCUT2D eigenvalue weighted by molar-refractivity contribution is -0.0505. The molecule has 1 unspecified atom stereocenters. The number of aliphatic imine (C=N–C) groups is 1. The third-order valence-corrected chi connectivity index (χ3v) is 5.29. The number of benzene rings is 2. The van der Waals surface area contributed by atoms with Gasteiger partial charge in [-0.05, 0) is 23.8 Å². The maximum atomic E-state index is 12.8. The standard InChI is InChI=1S/C23H30F2N4O3/c1-26-23(27-15-18-14-19(30-2)8-9-21(18)32-22(24)25)28-16-20(17-6-4-3-5-7-17)29-10-12-31-13-11-29/h3-9,14,20,22H,10-13,15-16H2,1-2H3,(H2,26,27,28). The summed E-state index contributed by atoms with van der Waals surface area (Å²) in [4.78, 5) is 6.66. The molecule has 0 aromatic heterocycles. The van der Waals surface area contributed by atoms with Crippen LogP contribution in [0.2, 0.25) is 0 Å². The van der Waals surface area contributed by atoms with Crippen LogP contribution in [0, 0.1) is 0 Å². The zero-order valence-corrected chi connectivity index (χ0v) is 18.4. The van der Waals surface area contributed by atoms with Crippen LogP contribution in [0.15, 0.2) is 53.5 Å². The van der Waals surface area contributed by atoms with Gasteiger partial charge in [0.1, 0.15) is 11.5 Å². The predicted octanol–water partition coefficient (Wildman–Crippen LogP) is 3.04. The fourth-order valence-corrected chi connectivity index (χ4v) is 3.65. The Balaban J connectivity index is 1.66. The molecule has 174 valence electrons. The van der Waals surface area contributed by atoms with E-state index in [4.69, 9.17) is 9.47 Å². The van der Waals surface area contributed by atoms with Crippen LogP contribution in [-0.4, -0.2) is 64.5 Å². The van der Waals surface area contributed by atoms with Crippen molar-refractivity contribution in [1.82, 2.24) is 15.5 Å². The topological polar surface area (TPSA) is 67.4 Å². The summed E-state index contributed by atoms with van der Waals surface area (Å²) in [7, 11) is 3.19. The molecule has 0 bridgehead atoms. The molecule has 1 fully saturated rings. The van der Waals surface area contributed by atoms with E-state index >= 15 is 0 Å². The second-order valence-corrected chi connectivity index (χ2v) is 7.23. The fraction of sp³-hybridized carbons (Fsp3) is 0.435. The average Bonchev–Trinajstić information content (AvgIpc) is 2.83. The van der Waals surface area contributed by atoms with Gasteiger partial charge in [0.05, 0.1) is 26.4 Å². The van der Waals surface area contributed by atoms with E-state index in [2.05, 4.69) is 37.4 Å². The zero-order valence-electron chi connectivity index (χ0n) is 18.4. The van der Waals surface area contributed by atoms with Gasteiger partial charge in [-0.25, -0.2) is 0 Å². The highest BCUT2D eigenvalue weighted by atomic mass is 19.3. The van der Waals surface area contributed by atoms with Gasteiger partial charge >= 0.3 is 6.61 Å². The van der Waals surface area contributed by atoms with E-state index < -0.39 is 6.61 Å². The number of methoxy groups -OCH3 is 1. The van der Waals surface area contributed by atoms with Crippen molar-refractivity contribution in [3.05, 3.63) is 59.7 Å². The van der Waals surface area contributed by atoms with Crippen molar-refractivity contribution < 1.29 is 23.0 Å². The molecule has 7 nitrogen and oxygen atoms in total. The Hall–Kier alpha value is -2.91. The molecule has 1 aliphatic heterocycles. The van der Waals surface area contributed by atoms with Gasteiger partial charge in [0, 0.05) is 38.8 Å². The number of alkyl halides is 2. The van der Waals surface area contributed by atoms with E-state index in [9.17, 15) is 8.78 Å². The second kappa shape index (κ2) is 12.2. The molecule has 1 heterocycles. The molecular formula is C23H30F2N4O3. The largest absolute Gasteiger partial charge is 0.497 e. The summed E-state index contributed by atoms with van der Waals surface area (Å²) in [5.41, 5.74) is 1.75. The number of hydrogen-bond acceptors (Lipinski definition) is 5. The minimum absolute atomic E-state index is 0.0965. The number of nitrogens with zero attached hydrogens (tertiary/aromatic N) is 2. The lowest BCUT2D eigenvalue weighted by Crippen LogP contribution is -2.46. The van der Waals surface area contributed by atoms with Crippen molar-refractivity contribution in [2.75, 3.05) is 47.0 Å². The third kappa shape index (κ3) is 6.80. The Morgan fingerprint density at radius 3 is 2.53 bits per heavy atom. The molecule has 1 atom stereocenters. The van der Waals surface area contributed by atoms with Crippen molar-refractivity contribution in [2.45, 2.75) is 19.2 Å². The summed E-state index contributed by atoms with van der Waals surface area (Å²) in [6.07, 6.45) is 0. The summed E-state index contributed by atoms with van der Waals surface area (Å²) in [5.74, 6) is 1.21. The van der Waals surface area contributed by atoms with Gasteiger partial charge in [-0.3, -0.25) is 9.89 Å². The fourth-order valence-electron chi connectivity index (χ4n) is 3.65. The summed E-state index contributed by atoms with van der Waals surface area (Å²) in [5, 5.41) is 6.54. The number of rotatable bonds is 9. The zero-order chi connectivity index (χ0) is 22.8. The van der Waals surface area contributed by atoms with Crippen LogP contribution < -0.4 is 20.1 Å². The summed E-state index contributed by atoms with van der Waals surface area (Å²) in [6, 6.07) is 15.2. The third-order valence-electron chi connectivity index (χ3n) is 5.29. The van der Waals surface area contributed by atoms with Crippen LogP contribution in [0.4, 0.5) is 8.78 Å². The Kier molecular flexibility index (Phi) is 9.06. The monoisotopic (exact) mass is 448 g/mol. The number of ether oxygens (including phenoxy) is 3. The van der Waals surface area contributed by atoms with Crippen LogP contribution in [0.5, 0.6) is 11.5 Å². The molecule has 0 aliphatic carbocycles. The quantitative estimate of drug-likeness (QED) is 0.454. The molecule has 2 aromatic carbocycles. The number of hydrogen-bond donors (Lipinski definition) is 2. The van der Waals surface area contributed by atoms with Crippen molar-refractivity contribution in [2.24, 2.45) is 4.99 Å². The lowest BCUT2D eigenvalue weighted by atomic mass is 10.0. The van der Waals surface area contributed by atoms with E-state index in [1.54, 1.807) is 19.2 Å². The smallest absolute Gasteiger partial charge is 0.387 e. The first-order chi connectivity index (χ1) is 15.6. The van der Waals surface area contributed by atoms with Gasteiger partial charge in [0.2, 0.25) is 0 Å². The van der Waals surface area contributed by atoms with Gasteiger partial charge < -0.3 is 24.8 Å². The van der Waals surface area contributed by atoms with E-state index in [0.29, 0.717) is 37.0 Å². The predicted molar refractivity (Wildman–Crippen MR) is 119 cm³/mol. The van der Waals surface area contributed by atoms with Gasteiger partial charge in [-0.1, -0.05) is 30.3 Å². The highest BCUT2D eigenvalue weighted by Gasteiger charge is 2.23. The van der Waals surface area contributed by atoms with Crippen molar-refractivity contribution in [1.29, 1.82) is 0 Å². The van der Waals surface area contributed by atoms with Gasteiger partial charge in [-0.15, -0.1) is 0 Å². The molecule has 2 N–H and O–H groups in total. The van der Waals surface area contributed by atoms with Crippen molar-refractivity contribution >= 4 is 5.96 Å². The maximum Gasteiger partial charge on any atom is 0.387 e. The van der Waals surface area contributed by atoms with Crippen LogP contribution in [0.1, 0.15) is 17.2 Å². The highest BCUT2D eigenvalue weighted by Crippen LogP contribution is 2.26. The normalized spacial score (nSPS) is 16.0. The van der Waals surface area contributed by atoms with E-state index in [1.165, 1.54) is 18.7 Å². The molecule has 9 heteroatoms. The summed E-state index contributed by atoms with van der Waals surface area (Å²) in [6.45, 7) is 1.09. The number of morpholine rings is 1. The molecule has 1 aliphatic rings. The van der Waals surface area contributed by atoms with Crippen LogP contribution >= 0.6 is 0 Å². The minimum Gasteiger partial charge on any atom is -0.497 e. The molecule has 32 heavy (non-hydrogen) atoms. The first-order valence-electron chi connectivity index (χ1n) is 10.5. The number of halogens is 2. The Labute approximate surface area is 187 Å². The minimum atomic E-state index is -2.90. The SMILES string of the molecule is CN=C(NCc1cc(OC)ccc1OC(F)F)NCC(c1ccccc1)N1CCOCC1. The molecule has 0 spiro atoms. The molecule has 0 amide bonds.